The van der Waals surface area contributed by atoms with Crippen LogP contribution in [0.4, 0.5) is 5.69 Å². The Hall–Kier alpha value is -3.18. The van der Waals surface area contributed by atoms with Crippen LogP contribution in [-0.2, 0) is 11.3 Å². The van der Waals surface area contributed by atoms with E-state index < -0.39 is 0 Å². The quantitative estimate of drug-likeness (QED) is 0.521. The molecule has 27 heavy (non-hydrogen) atoms. The van der Waals surface area contributed by atoms with Crippen molar-refractivity contribution < 1.29 is 4.79 Å². The molecule has 0 bridgehead atoms. The number of rotatable bonds is 5. The summed E-state index contributed by atoms with van der Waals surface area (Å²) in [5.41, 5.74) is 4.92. The zero-order valence-electron chi connectivity index (χ0n) is 14.9. The molecule has 0 aliphatic rings. The SMILES string of the molecule is Cc1cccc(NC(=O)Cn2cccc2-c2nc(-c3ccccc3)cs2)c1. The Balaban J connectivity index is 1.51. The normalized spacial score (nSPS) is 10.7. The van der Waals surface area contributed by atoms with Gasteiger partial charge in [0.05, 0.1) is 11.4 Å². The predicted octanol–water partition coefficient (Wildman–Crippen LogP) is 5.23. The van der Waals surface area contributed by atoms with Gasteiger partial charge < -0.3 is 9.88 Å². The number of nitrogens with one attached hydrogen (secondary N) is 1. The van der Waals surface area contributed by atoms with Gasteiger partial charge in [0.1, 0.15) is 11.6 Å². The second-order valence-corrected chi connectivity index (χ2v) is 7.20. The van der Waals surface area contributed by atoms with Crippen molar-refractivity contribution >= 4 is 22.9 Å². The van der Waals surface area contributed by atoms with Gasteiger partial charge in [-0.05, 0) is 36.8 Å². The third kappa shape index (κ3) is 3.99. The summed E-state index contributed by atoms with van der Waals surface area (Å²) >= 11 is 1.59. The lowest BCUT2D eigenvalue weighted by atomic mass is 10.2. The summed E-state index contributed by atoms with van der Waals surface area (Å²) in [5.74, 6) is -0.0575. The van der Waals surface area contributed by atoms with Gasteiger partial charge in [0, 0.05) is 22.8 Å². The van der Waals surface area contributed by atoms with Crippen LogP contribution in [0.3, 0.4) is 0 Å². The lowest BCUT2D eigenvalue weighted by Crippen LogP contribution is -2.18. The van der Waals surface area contributed by atoms with E-state index in [9.17, 15) is 4.79 Å². The maximum absolute atomic E-state index is 12.5. The summed E-state index contributed by atoms with van der Waals surface area (Å²) in [4.78, 5) is 17.2. The number of thiazole rings is 1. The number of carbonyl (C=O) groups is 1. The van der Waals surface area contributed by atoms with Gasteiger partial charge >= 0.3 is 0 Å². The first-order valence-corrected chi connectivity index (χ1v) is 9.60. The first-order valence-electron chi connectivity index (χ1n) is 8.72. The Morgan fingerprint density at radius 2 is 1.93 bits per heavy atom. The first kappa shape index (κ1) is 17.2. The van der Waals surface area contributed by atoms with Crippen molar-refractivity contribution in [2.45, 2.75) is 13.5 Å². The van der Waals surface area contributed by atoms with E-state index in [-0.39, 0.29) is 12.5 Å². The van der Waals surface area contributed by atoms with Gasteiger partial charge in [0.25, 0.3) is 0 Å². The van der Waals surface area contributed by atoms with Crippen LogP contribution in [-0.4, -0.2) is 15.5 Å². The molecule has 0 fully saturated rings. The Morgan fingerprint density at radius 1 is 1.07 bits per heavy atom. The Labute approximate surface area is 162 Å². The van der Waals surface area contributed by atoms with Crippen LogP contribution in [0.2, 0.25) is 0 Å². The van der Waals surface area contributed by atoms with E-state index in [1.54, 1.807) is 11.3 Å². The minimum atomic E-state index is -0.0575. The van der Waals surface area contributed by atoms with Crippen LogP contribution in [0.1, 0.15) is 5.56 Å². The number of hydrogen-bond donors (Lipinski definition) is 1. The third-order valence-electron chi connectivity index (χ3n) is 4.24. The Morgan fingerprint density at radius 3 is 2.74 bits per heavy atom. The number of amides is 1. The fourth-order valence-corrected chi connectivity index (χ4v) is 3.83. The van der Waals surface area contributed by atoms with Crippen LogP contribution in [0.5, 0.6) is 0 Å². The zero-order valence-corrected chi connectivity index (χ0v) is 15.7. The number of aryl methyl sites for hydroxylation is 1. The molecule has 134 valence electrons. The van der Waals surface area contributed by atoms with E-state index in [1.165, 1.54) is 0 Å². The minimum Gasteiger partial charge on any atom is -0.336 e. The summed E-state index contributed by atoms with van der Waals surface area (Å²) in [7, 11) is 0. The topological polar surface area (TPSA) is 46.9 Å². The van der Waals surface area contributed by atoms with Crippen molar-refractivity contribution in [2.75, 3.05) is 5.32 Å². The highest BCUT2D eigenvalue weighted by Gasteiger charge is 2.12. The fraction of sp³-hybridized carbons (Fsp3) is 0.0909. The highest BCUT2D eigenvalue weighted by atomic mass is 32.1. The lowest BCUT2D eigenvalue weighted by molar-refractivity contribution is -0.116. The number of benzene rings is 2. The molecule has 2 heterocycles. The van der Waals surface area contributed by atoms with Crippen LogP contribution in [0.15, 0.2) is 78.3 Å². The van der Waals surface area contributed by atoms with E-state index in [2.05, 4.69) is 10.7 Å². The van der Waals surface area contributed by atoms with Crippen LogP contribution < -0.4 is 5.32 Å². The van der Waals surface area contributed by atoms with E-state index in [0.29, 0.717) is 0 Å². The summed E-state index contributed by atoms with van der Waals surface area (Å²) < 4.78 is 1.93. The van der Waals surface area contributed by atoms with Crippen molar-refractivity contribution in [3.05, 3.63) is 83.9 Å². The van der Waals surface area contributed by atoms with Crippen LogP contribution in [0, 0.1) is 6.92 Å². The molecule has 0 unspecified atom stereocenters. The smallest absolute Gasteiger partial charge is 0.244 e. The number of anilines is 1. The highest BCUT2D eigenvalue weighted by Crippen LogP contribution is 2.29. The van der Waals surface area contributed by atoms with Gasteiger partial charge in [-0.25, -0.2) is 4.98 Å². The predicted molar refractivity (Wildman–Crippen MR) is 111 cm³/mol. The van der Waals surface area contributed by atoms with Crippen LogP contribution in [0.25, 0.3) is 22.0 Å². The van der Waals surface area contributed by atoms with E-state index >= 15 is 0 Å². The number of carbonyl (C=O) groups excluding carboxylic acids is 1. The first-order chi connectivity index (χ1) is 13.2. The minimum absolute atomic E-state index is 0.0575. The van der Waals surface area contributed by atoms with Gasteiger partial charge in [0.2, 0.25) is 5.91 Å². The molecule has 2 aromatic heterocycles. The standard InChI is InChI=1S/C22H19N3OS/c1-16-7-5-10-18(13-16)23-21(26)14-25-12-6-11-20(25)22-24-19(15-27-22)17-8-3-2-4-9-17/h2-13,15H,14H2,1H3,(H,23,26). The molecule has 5 heteroatoms. The van der Waals surface area contributed by atoms with Gasteiger partial charge in [-0.3, -0.25) is 4.79 Å². The average molecular weight is 373 g/mol. The molecular formula is C22H19N3OS. The zero-order chi connectivity index (χ0) is 18.6. The lowest BCUT2D eigenvalue weighted by Gasteiger charge is -2.09. The molecule has 0 atom stereocenters. The van der Waals surface area contributed by atoms with Crippen molar-refractivity contribution in [3.8, 4) is 22.0 Å². The van der Waals surface area contributed by atoms with Gasteiger partial charge in [-0.1, -0.05) is 42.5 Å². The number of nitrogens with zero attached hydrogens (tertiary/aromatic N) is 2. The molecule has 1 amide bonds. The third-order valence-corrected chi connectivity index (χ3v) is 5.10. The van der Waals surface area contributed by atoms with Crippen molar-refractivity contribution in [1.82, 2.24) is 9.55 Å². The summed E-state index contributed by atoms with van der Waals surface area (Å²) in [6, 6.07) is 21.8. The molecule has 4 nitrogen and oxygen atoms in total. The molecule has 0 saturated carbocycles. The molecule has 0 radical (unpaired) electrons. The van der Waals surface area contributed by atoms with Crippen molar-refractivity contribution in [2.24, 2.45) is 0 Å². The van der Waals surface area contributed by atoms with Gasteiger partial charge in [0.15, 0.2) is 0 Å². The second kappa shape index (κ2) is 7.60. The fourth-order valence-electron chi connectivity index (χ4n) is 2.96. The number of aromatic nitrogens is 2. The average Bonchev–Trinajstić information content (AvgIpc) is 3.31. The summed E-state index contributed by atoms with van der Waals surface area (Å²) in [5, 5.41) is 5.91. The summed E-state index contributed by atoms with van der Waals surface area (Å²) in [6.07, 6.45) is 1.91. The highest BCUT2D eigenvalue weighted by molar-refractivity contribution is 7.13. The van der Waals surface area contributed by atoms with E-state index in [4.69, 9.17) is 4.98 Å². The number of hydrogen-bond acceptors (Lipinski definition) is 3. The molecule has 2 aromatic carbocycles. The Bertz CT molecular complexity index is 1070. The van der Waals surface area contributed by atoms with Gasteiger partial charge in [-0.2, -0.15) is 0 Å². The summed E-state index contributed by atoms with van der Waals surface area (Å²) in [6.45, 7) is 2.25. The van der Waals surface area contributed by atoms with E-state index in [1.807, 2.05) is 84.4 Å². The maximum atomic E-state index is 12.5. The largest absolute Gasteiger partial charge is 0.336 e. The molecule has 1 N–H and O–H groups in total. The molecule has 0 aliphatic carbocycles. The maximum Gasteiger partial charge on any atom is 0.244 e. The molecule has 0 aliphatic heterocycles. The molecule has 4 rings (SSSR count). The molecule has 4 aromatic rings. The molecular weight excluding hydrogens is 354 g/mol. The van der Waals surface area contributed by atoms with Crippen LogP contribution >= 0.6 is 11.3 Å². The monoisotopic (exact) mass is 373 g/mol. The van der Waals surface area contributed by atoms with Crippen molar-refractivity contribution in [1.29, 1.82) is 0 Å². The van der Waals surface area contributed by atoms with Gasteiger partial charge in [-0.15, -0.1) is 11.3 Å². The Kier molecular flexibility index (Phi) is 4.85. The second-order valence-electron chi connectivity index (χ2n) is 6.34. The molecule has 0 saturated heterocycles. The van der Waals surface area contributed by atoms with Crippen molar-refractivity contribution in [3.63, 3.8) is 0 Å². The molecule has 0 spiro atoms. The van der Waals surface area contributed by atoms with E-state index in [0.717, 1.165) is 33.2 Å².